The lowest BCUT2D eigenvalue weighted by molar-refractivity contribution is 0.0937. The van der Waals surface area contributed by atoms with Crippen LogP contribution in [0.1, 0.15) is 56.6 Å². The number of hydrogen-bond acceptors (Lipinski definition) is 3. The summed E-state index contributed by atoms with van der Waals surface area (Å²) in [5.74, 6) is 1.40. The number of nitrogens with zero attached hydrogens (tertiary/aromatic N) is 1. The van der Waals surface area contributed by atoms with Gasteiger partial charge in [-0.25, -0.2) is 4.98 Å². The molecule has 0 fully saturated rings. The van der Waals surface area contributed by atoms with Crippen LogP contribution >= 0.6 is 0 Å². The van der Waals surface area contributed by atoms with Crippen molar-refractivity contribution in [2.24, 2.45) is 5.92 Å². The molecule has 0 bridgehead atoms. The second-order valence-corrected chi connectivity index (χ2v) is 5.76. The average Bonchev–Trinajstić information content (AvgIpc) is 2.36. The van der Waals surface area contributed by atoms with Crippen molar-refractivity contribution in [1.29, 1.82) is 0 Å². The number of pyridine rings is 1. The van der Waals surface area contributed by atoms with E-state index in [0.29, 0.717) is 11.5 Å². The number of rotatable bonds is 7. The molecule has 1 heterocycles. The maximum atomic E-state index is 12.2. The molecule has 1 amide bonds. The van der Waals surface area contributed by atoms with E-state index in [2.05, 4.69) is 36.4 Å². The van der Waals surface area contributed by atoms with Crippen LogP contribution in [0, 0.1) is 12.8 Å². The first-order valence-electron chi connectivity index (χ1n) is 7.45. The van der Waals surface area contributed by atoms with Gasteiger partial charge in [-0.15, -0.1) is 0 Å². The van der Waals surface area contributed by atoms with Crippen molar-refractivity contribution in [1.82, 2.24) is 10.3 Å². The normalized spacial score (nSPS) is 12.3. The maximum absolute atomic E-state index is 12.2. The first-order chi connectivity index (χ1) is 9.42. The summed E-state index contributed by atoms with van der Waals surface area (Å²) in [6.45, 7) is 11.2. The lowest BCUT2D eigenvalue weighted by atomic mass is 10.0. The lowest BCUT2D eigenvalue weighted by Crippen LogP contribution is -2.32. The molecule has 20 heavy (non-hydrogen) atoms. The highest BCUT2D eigenvalue weighted by atomic mass is 16.1. The van der Waals surface area contributed by atoms with Crippen LogP contribution in [0.25, 0.3) is 0 Å². The zero-order valence-corrected chi connectivity index (χ0v) is 13.3. The summed E-state index contributed by atoms with van der Waals surface area (Å²) in [4.78, 5) is 16.6. The van der Waals surface area contributed by atoms with E-state index in [1.807, 2.05) is 19.9 Å². The Hall–Kier alpha value is -1.58. The topological polar surface area (TPSA) is 54.0 Å². The quantitative estimate of drug-likeness (QED) is 0.803. The smallest absolute Gasteiger partial charge is 0.251 e. The van der Waals surface area contributed by atoms with E-state index in [1.165, 1.54) is 0 Å². The molecular formula is C16H27N3O. The zero-order valence-electron chi connectivity index (χ0n) is 13.3. The van der Waals surface area contributed by atoms with E-state index in [4.69, 9.17) is 0 Å². The van der Waals surface area contributed by atoms with Crippen LogP contribution < -0.4 is 10.6 Å². The van der Waals surface area contributed by atoms with Crippen LogP contribution in [0.2, 0.25) is 0 Å². The van der Waals surface area contributed by atoms with Gasteiger partial charge in [0, 0.05) is 23.8 Å². The van der Waals surface area contributed by atoms with Gasteiger partial charge in [0.15, 0.2) is 0 Å². The number of anilines is 1. The first kappa shape index (κ1) is 16.5. The third-order valence-corrected chi connectivity index (χ3v) is 3.13. The second-order valence-electron chi connectivity index (χ2n) is 5.76. The van der Waals surface area contributed by atoms with Gasteiger partial charge in [0.2, 0.25) is 0 Å². The Labute approximate surface area is 122 Å². The fourth-order valence-electron chi connectivity index (χ4n) is 2.03. The zero-order chi connectivity index (χ0) is 15.1. The molecule has 1 aromatic heterocycles. The molecule has 0 saturated heterocycles. The highest BCUT2D eigenvalue weighted by Gasteiger charge is 2.12. The molecule has 0 spiro atoms. The van der Waals surface area contributed by atoms with Gasteiger partial charge in [0.25, 0.3) is 5.91 Å². The summed E-state index contributed by atoms with van der Waals surface area (Å²) in [5.41, 5.74) is 1.52. The van der Waals surface area contributed by atoms with Crippen molar-refractivity contribution in [3.05, 3.63) is 23.4 Å². The molecule has 0 aliphatic rings. The van der Waals surface area contributed by atoms with Gasteiger partial charge < -0.3 is 10.6 Å². The molecule has 0 aromatic carbocycles. The molecule has 0 saturated carbocycles. The Bertz CT molecular complexity index is 443. The molecule has 0 radical (unpaired) electrons. The third kappa shape index (κ3) is 5.59. The van der Waals surface area contributed by atoms with Gasteiger partial charge in [0.1, 0.15) is 5.82 Å². The Kier molecular flexibility index (Phi) is 6.49. The highest BCUT2D eigenvalue weighted by Crippen LogP contribution is 2.11. The molecule has 112 valence electrons. The molecule has 1 unspecified atom stereocenters. The lowest BCUT2D eigenvalue weighted by Gasteiger charge is -2.15. The Morgan fingerprint density at radius 3 is 2.55 bits per heavy atom. The van der Waals surface area contributed by atoms with Crippen molar-refractivity contribution in [3.8, 4) is 0 Å². The van der Waals surface area contributed by atoms with E-state index in [-0.39, 0.29) is 11.9 Å². The first-order valence-corrected chi connectivity index (χ1v) is 7.45. The third-order valence-electron chi connectivity index (χ3n) is 3.13. The number of aromatic nitrogens is 1. The maximum Gasteiger partial charge on any atom is 0.251 e. The molecule has 1 aromatic rings. The van der Waals surface area contributed by atoms with Crippen LogP contribution in [0.4, 0.5) is 5.82 Å². The molecule has 0 aliphatic carbocycles. The van der Waals surface area contributed by atoms with Crippen molar-refractivity contribution in [2.45, 2.75) is 53.5 Å². The van der Waals surface area contributed by atoms with Crippen LogP contribution in [-0.4, -0.2) is 23.5 Å². The van der Waals surface area contributed by atoms with Crippen molar-refractivity contribution < 1.29 is 4.79 Å². The minimum atomic E-state index is -0.0223. The Morgan fingerprint density at radius 1 is 1.25 bits per heavy atom. The number of carbonyl (C=O) groups is 1. The summed E-state index contributed by atoms with van der Waals surface area (Å²) < 4.78 is 0. The summed E-state index contributed by atoms with van der Waals surface area (Å²) in [6, 6.07) is 3.83. The van der Waals surface area contributed by atoms with Gasteiger partial charge in [-0.05, 0) is 51.7 Å². The van der Waals surface area contributed by atoms with E-state index in [9.17, 15) is 4.79 Å². The number of nitrogens with one attached hydrogen (secondary N) is 2. The number of carbonyl (C=O) groups excluding carboxylic acids is 1. The molecule has 1 rings (SSSR count). The van der Waals surface area contributed by atoms with Crippen LogP contribution in [0.3, 0.4) is 0 Å². The van der Waals surface area contributed by atoms with Crippen LogP contribution in [0.15, 0.2) is 12.1 Å². The second kappa shape index (κ2) is 7.88. The molecule has 4 heteroatoms. The molecule has 4 nitrogen and oxygen atoms in total. The Morgan fingerprint density at radius 2 is 1.95 bits per heavy atom. The Balaban J connectivity index is 2.67. The fourth-order valence-corrected chi connectivity index (χ4v) is 2.03. The number of amides is 1. The van der Waals surface area contributed by atoms with Crippen LogP contribution in [-0.2, 0) is 0 Å². The summed E-state index contributed by atoms with van der Waals surface area (Å²) in [5, 5.41) is 6.20. The predicted molar refractivity (Wildman–Crippen MR) is 84.1 cm³/mol. The summed E-state index contributed by atoms with van der Waals surface area (Å²) >= 11 is 0. The van der Waals surface area contributed by atoms with E-state index in [1.54, 1.807) is 6.07 Å². The molecule has 0 aliphatic heterocycles. The van der Waals surface area contributed by atoms with E-state index < -0.39 is 0 Å². The summed E-state index contributed by atoms with van der Waals surface area (Å²) in [7, 11) is 0. The average molecular weight is 277 g/mol. The molecular weight excluding hydrogens is 250 g/mol. The number of hydrogen-bond donors (Lipinski definition) is 2. The number of aryl methyl sites for hydroxylation is 1. The monoisotopic (exact) mass is 277 g/mol. The van der Waals surface area contributed by atoms with E-state index in [0.717, 1.165) is 30.9 Å². The van der Waals surface area contributed by atoms with Crippen molar-refractivity contribution in [2.75, 3.05) is 11.9 Å². The SMILES string of the molecule is CCNc1cc(C(=O)NC(C)CCC(C)C)cc(C)n1. The molecule has 1 atom stereocenters. The standard InChI is InChI=1S/C16H27N3O/c1-6-17-15-10-14(9-13(5)18-15)16(20)19-12(4)8-7-11(2)3/h9-12H,6-8H2,1-5H3,(H,17,18)(H,19,20). The van der Waals surface area contributed by atoms with Gasteiger partial charge in [-0.1, -0.05) is 13.8 Å². The van der Waals surface area contributed by atoms with Gasteiger partial charge in [-0.3, -0.25) is 4.79 Å². The fraction of sp³-hybridized carbons (Fsp3) is 0.625. The minimum Gasteiger partial charge on any atom is -0.370 e. The van der Waals surface area contributed by atoms with E-state index >= 15 is 0 Å². The minimum absolute atomic E-state index is 0.0223. The van der Waals surface area contributed by atoms with Gasteiger partial charge >= 0.3 is 0 Å². The van der Waals surface area contributed by atoms with Crippen molar-refractivity contribution >= 4 is 11.7 Å². The van der Waals surface area contributed by atoms with Gasteiger partial charge in [-0.2, -0.15) is 0 Å². The predicted octanol–water partition coefficient (Wildman–Crippen LogP) is 3.38. The van der Waals surface area contributed by atoms with Gasteiger partial charge in [0.05, 0.1) is 0 Å². The van der Waals surface area contributed by atoms with Crippen molar-refractivity contribution in [3.63, 3.8) is 0 Å². The highest BCUT2D eigenvalue weighted by molar-refractivity contribution is 5.95. The summed E-state index contributed by atoms with van der Waals surface area (Å²) in [6.07, 6.45) is 2.13. The molecule has 2 N–H and O–H groups in total. The van der Waals surface area contributed by atoms with Crippen LogP contribution in [0.5, 0.6) is 0 Å². The largest absolute Gasteiger partial charge is 0.370 e.